The van der Waals surface area contributed by atoms with Gasteiger partial charge in [0.25, 0.3) is 11.8 Å². The van der Waals surface area contributed by atoms with Gasteiger partial charge in [-0.1, -0.05) is 6.07 Å². The van der Waals surface area contributed by atoms with E-state index in [-0.39, 0.29) is 24.2 Å². The topological polar surface area (TPSA) is 118 Å². The number of nitrogens with zero attached hydrogens (tertiary/aromatic N) is 4. The van der Waals surface area contributed by atoms with Crippen molar-refractivity contribution in [1.29, 1.82) is 0 Å². The van der Waals surface area contributed by atoms with E-state index < -0.39 is 11.8 Å². The van der Waals surface area contributed by atoms with Crippen molar-refractivity contribution in [3.8, 4) is 0 Å². The number of amides is 2. The zero-order valence-corrected chi connectivity index (χ0v) is 20.0. The molecule has 0 aliphatic carbocycles. The van der Waals surface area contributed by atoms with Gasteiger partial charge in [0, 0.05) is 11.1 Å². The molecule has 2 amide bonds. The van der Waals surface area contributed by atoms with E-state index in [4.69, 9.17) is 17.7 Å². The van der Waals surface area contributed by atoms with E-state index in [0.717, 1.165) is 0 Å². The summed E-state index contributed by atoms with van der Waals surface area (Å²) in [6.07, 6.45) is 8.93. The maximum absolute atomic E-state index is 13.5. The Morgan fingerprint density at radius 3 is 1.45 bits per heavy atom. The Labute approximate surface area is 217 Å². The van der Waals surface area contributed by atoms with Gasteiger partial charge in [-0.2, -0.15) is 10.2 Å². The molecule has 38 heavy (non-hydrogen) atoms. The molecule has 0 N–H and O–H groups in total. The van der Waals surface area contributed by atoms with Crippen LogP contribution < -0.4 is 0 Å². The molecule has 1 aromatic carbocycles. The second kappa shape index (κ2) is 11.6. The summed E-state index contributed by atoms with van der Waals surface area (Å²) in [5, 5.41) is 11.1. The smallest absolute Gasteiger partial charge is 0.274 e. The number of benzene rings is 1. The normalized spacial score (nSPS) is 11.4. The largest absolute Gasteiger partial charge is 0.467 e. The molecule has 0 spiro atoms. The number of carbonyl (C=O) groups excluding carboxylic acids is 2. The van der Waals surface area contributed by atoms with E-state index in [1.165, 1.54) is 53.6 Å². The summed E-state index contributed by atoms with van der Waals surface area (Å²) in [7, 11) is 0. The van der Waals surface area contributed by atoms with Crippen molar-refractivity contribution >= 4 is 24.2 Å². The first kappa shape index (κ1) is 24.3. The van der Waals surface area contributed by atoms with Gasteiger partial charge in [0.2, 0.25) is 0 Å². The van der Waals surface area contributed by atoms with Crippen LogP contribution in [0.5, 0.6) is 0 Å². The van der Waals surface area contributed by atoms with Crippen molar-refractivity contribution in [3.63, 3.8) is 0 Å². The lowest BCUT2D eigenvalue weighted by Gasteiger charge is -2.18. The average Bonchev–Trinajstić information content (AvgIpc) is 3.77. The van der Waals surface area contributed by atoms with Gasteiger partial charge in [-0.15, -0.1) is 0 Å². The van der Waals surface area contributed by atoms with Gasteiger partial charge in [-0.3, -0.25) is 9.59 Å². The lowest BCUT2D eigenvalue weighted by atomic mass is 10.1. The Hall–Kier alpha value is -5.38. The molecule has 0 radical (unpaired) electrons. The highest BCUT2D eigenvalue weighted by Gasteiger charge is 2.21. The number of hydrogen-bond acceptors (Lipinski definition) is 8. The van der Waals surface area contributed by atoms with E-state index in [0.29, 0.717) is 23.0 Å². The maximum atomic E-state index is 13.5. The standard InChI is InChI=1S/C28H22N4O6/c33-27(31(19-25-10-4-14-37-25)29-17-23-8-2-12-35-23)21-6-1-7-22(16-21)28(34)32(20-26-11-5-15-38-26)30-18-24-9-3-13-36-24/h1-18H,19-20H2. The summed E-state index contributed by atoms with van der Waals surface area (Å²) in [4.78, 5) is 26.9. The van der Waals surface area contributed by atoms with Crippen LogP contribution in [0.3, 0.4) is 0 Å². The Morgan fingerprint density at radius 1 is 0.605 bits per heavy atom. The molecule has 0 fully saturated rings. The van der Waals surface area contributed by atoms with Crippen molar-refractivity contribution < 1.29 is 27.3 Å². The lowest BCUT2D eigenvalue weighted by Crippen LogP contribution is -2.28. The third-order valence-corrected chi connectivity index (χ3v) is 5.33. The van der Waals surface area contributed by atoms with Crippen molar-refractivity contribution in [3.05, 3.63) is 132 Å². The first-order chi connectivity index (χ1) is 18.7. The summed E-state index contributed by atoms with van der Waals surface area (Å²) < 4.78 is 21.4. The van der Waals surface area contributed by atoms with Crippen molar-refractivity contribution in [2.24, 2.45) is 10.2 Å². The van der Waals surface area contributed by atoms with Gasteiger partial charge in [0.05, 0.1) is 37.5 Å². The monoisotopic (exact) mass is 510 g/mol. The molecule has 0 bridgehead atoms. The summed E-state index contributed by atoms with van der Waals surface area (Å²) in [5.74, 6) is 1.17. The number of hydrogen-bond donors (Lipinski definition) is 0. The minimum atomic E-state index is -0.435. The molecular formula is C28H22N4O6. The fourth-order valence-electron chi connectivity index (χ4n) is 3.50. The summed E-state index contributed by atoms with van der Waals surface area (Å²) in [6, 6.07) is 20.2. The van der Waals surface area contributed by atoms with Gasteiger partial charge >= 0.3 is 0 Å². The summed E-state index contributed by atoms with van der Waals surface area (Å²) in [5.41, 5.74) is 0.513. The molecule has 4 aromatic heterocycles. The van der Waals surface area contributed by atoms with Crippen LogP contribution in [0, 0.1) is 0 Å². The molecule has 0 saturated heterocycles. The van der Waals surface area contributed by atoms with E-state index in [1.54, 1.807) is 66.7 Å². The molecule has 10 nitrogen and oxygen atoms in total. The Balaban J connectivity index is 1.40. The van der Waals surface area contributed by atoms with Crippen LogP contribution in [0.2, 0.25) is 0 Å². The summed E-state index contributed by atoms with van der Waals surface area (Å²) >= 11 is 0. The quantitative estimate of drug-likeness (QED) is 0.183. The second-order valence-electron chi connectivity index (χ2n) is 7.99. The third kappa shape index (κ3) is 6.05. The zero-order valence-electron chi connectivity index (χ0n) is 20.0. The molecule has 5 aromatic rings. The molecule has 0 atom stereocenters. The second-order valence-corrected chi connectivity index (χ2v) is 7.99. The number of rotatable bonds is 10. The highest BCUT2D eigenvalue weighted by atomic mass is 16.3. The summed E-state index contributed by atoms with van der Waals surface area (Å²) in [6.45, 7) is 0.165. The van der Waals surface area contributed by atoms with E-state index in [1.807, 2.05) is 0 Å². The molecule has 190 valence electrons. The molecule has 0 aliphatic heterocycles. The van der Waals surface area contributed by atoms with Gasteiger partial charge in [0.15, 0.2) is 0 Å². The van der Waals surface area contributed by atoms with Crippen molar-refractivity contribution in [2.45, 2.75) is 13.1 Å². The number of carbonyl (C=O) groups is 2. The molecule has 0 aliphatic rings. The SMILES string of the molecule is O=C(c1cccc(C(=O)N(Cc2ccco2)N=Cc2ccco2)c1)N(Cc1ccco1)N=Cc1ccco1. The first-order valence-corrected chi connectivity index (χ1v) is 11.6. The maximum Gasteiger partial charge on any atom is 0.274 e. The Bertz CT molecular complexity index is 1390. The third-order valence-electron chi connectivity index (χ3n) is 5.33. The highest BCUT2D eigenvalue weighted by Crippen LogP contribution is 2.17. The Morgan fingerprint density at radius 2 is 1.05 bits per heavy atom. The first-order valence-electron chi connectivity index (χ1n) is 11.6. The highest BCUT2D eigenvalue weighted by molar-refractivity contribution is 6.00. The van der Waals surface area contributed by atoms with Crippen LogP contribution in [0.4, 0.5) is 0 Å². The fourth-order valence-corrected chi connectivity index (χ4v) is 3.50. The molecule has 5 rings (SSSR count). The zero-order chi connectivity index (χ0) is 26.2. The van der Waals surface area contributed by atoms with E-state index >= 15 is 0 Å². The van der Waals surface area contributed by atoms with Crippen LogP contribution in [0.1, 0.15) is 43.8 Å². The fraction of sp³-hybridized carbons (Fsp3) is 0.0714. The van der Waals surface area contributed by atoms with Crippen LogP contribution in [0.15, 0.2) is 126 Å². The average molecular weight is 511 g/mol. The molecule has 4 heterocycles. The van der Waals surface area contributed by atoms with Gasteiger partial charge in [-0.25, -0.2) is 10.0 Å². The molecule has 0 saturated carbocycles. The Kier molecular flexibility index (Phi) is 7.40. The van der Waals surface area contributed by atoms with Crippen LogP contribution in [-0.2, 0) is 13.1 Å². The van der Waals surface area contributed by atoms with Crippen LogP contribution in [0.25, 0.3) is 0 Å². The van der Waals surface area contributed by atoms with E-state index in [9.17, 15) is 9.59 Å². The molecule has 0 unspecified atom stereocenters. The minimum absolute atomic E-state index is 0.0826. The number of hydrazone groups is 2. The van der Waals surface area contributed by atoms with Gasteiger partial charge < -0.3 is 17.7 Å². The predicted octanol–water partition coefficient (Wildman–Crippen LogP) is 5.41. The van der Waals surface area contributed by atoms with Crippen molar-refractivity contribution in [2.75, 3.05) is 0 Å². The molecule has 10 heteroatoms. The lowest BCUT2D eigenvalue weighted by molar-refractivity contribution is 0.0735. The van der Waals surface area contributed by atoms with Crippen LogP contribution in [-0.4, -0.2) is 34.3 Å². The number of furan rings is 4. The van der Waals surface area contributed by atoms with Crippen LogP contribution >= 0.6 is 0 Å². The predicted molar refractivity (Wildman–Crippen MR) is 136 cm³/mol. The minimum Gasteiger partial charge on any atom is -0.467 e. The van der Waals surface area contributed by atoms with E-state index in [2.05, 4.69) is 10.2 Å². The van der Waals surface area contributed by atoms with Gasteiger partial charge in [0.1, 0.15) is 36.1 Å². The van der Waals surface area contributed by atoms with Gasteiger partial charge in [-0.05, 0) is 66.7 Å². The molecular weight excluding hydrogens is 488 g/mol. The van der Waals surface area contributed by atoms with Crippen molar-refractivity contribution in [1.82, 2.24) is 10.0 Å².